The number of hydrogen-bond donors (Lipinski definition) is 1. The molecule has 0 heterocycles. The molecule has 0 radical (unpaired) electrons. The molecule has 0 unspecified atom stereocenters. The molecule has 0 bridgehead atoms. The lowest BCUT2D eigenvalue weighted by Gasteiger charge is -2.34. The number of amides is 2. The van der Waals surface area contributed by atoms with Gasteiger partial charge in [-0.15, -0.1) is 0 Å². The van der Waals surface area contributed by atoms with Gasteiger partial charge >= 0.3 is 0 Å². The van der Waals surface area contributed by atoms with E-state index in [2.05, 4.69) is 21.2 Å². The SMILES string of the molecule is CC[C@@H](C)NC(=O)[C@H](Cc1ccccc1)N(Cc1cccc(Br)c1)C(=O)CN(c1cc(C)ccc1OC)S(=O)(=O)c1ccccc1. The van der Waals surface area contributed by atoms with Gasteiger partial charge in [-0.3, -0.25) is 13.9 Å². The molecule has 4 aromatic carbocycles. The van der Waals surface area contributed by atoms with E-state index in [0.29, 0.717) is 12.2 Å². The van der Waals surface area contributed by atoms with E-state index in [1.807, 2.05) is 81.4 Å². The molecule has 0 saturated carbocycles. The van der Waals surface area contributed by atoms with Crippen molar-refractivity contribution in [3.63, 3.8) is 0 Å². The topological polar surface area (TPSA) is 96.0 Å². The number of ether oxygens (including phenoxy) is 1. The summed E-state index contributed by atoms with van der Waals surface area (Å²) in [5.41, 5.74) is 2.67. The summed E-state index contributed by atoms with van der Waals surface area (Å²) in [7, 11) is -2.79. The van der Waals surface area contributed by atoms with E-state index in [-0.39, 0.29) is 35.5 Å². The molecular formula is C36H40BrN3O5S. The smallest absolute Gasteiger partial charge is 0.264 e. The zero-order valence-electron chi connectivity index (χ0n) is 26.5. The zero-order valence-corrected chi connectivity index (χ0v) is 28.9. The van der Waals surface area contributed by atoms with Crippen molar-refractivity contribution in [3.8, 4) is 5.75 Å². The number of hydrogen-bond acceptors (Lipinski definition) is 5. The minimum atomic E-state index is -4.24. The van der Waals surface area contributed by atoms with E-state index >= 15 is 0 Å². The maximum absolute atomic E-state index is 14.7. The van der Waals surface area contributed by atoms with E-state index < -0.39 is 28.5 Å². The third kappa shape index (κ3) is 8.76. The average molecular weight is 707 g/mol. The van der Waals surface area contributed by atoms with Crippen molar-refractivity contribution in [1.82, 2.24) is 10.2 Å². The summed E-state index contributed by atoms with van der Waals surface area (Å²) in [6.45, 7) is 5.24. The fourth-order valence-corrected chi connectivity index (χ4v) is 6.94. The summed E-state index contributed by atoms with van der Waals surface area (Å²) in [5, 5.41) is 3.06. The Kier molecular flexibility index (Phi) is 12.0. The molecule has 0 saturated heterocycles. The van der Waals surface area contributed by atoms with Gasteiger partial charge in [0.25, 0.3) is 10.0 Å². The van der Waals surface area contributed by atoms with E-state index in [9.17, 15) is 18.0 Å². The Labute approximate surface area is 280 Å². The van der Waals surface area contributed by atoms with Gasteiger partial charge in [-0.2, -0.15) is 0 Å². The molecule has 46 heavy (non-hydrogen) atoms. The molecule has 0 aliphatic carbocycles. The molecule has 4 aromatic rings. The highest BCUT2D eigenvalue weighted by Crippen LogP contribution is 2.34. The maximum Gasteiger partial charge on any atom is 0.264 e. The van der Waals surface area contributed by atoms with Gasteiger partial charge in [0, 0.05) is 23.5 Å². The third-order valence-corrected chi connectivity index (χ3v) is 9.99. The monoisotopic (exact) mass is 705 g/mol. The Morgan fingerprint density at radius 3 is 2.17 bits per heavy atom. The molecule has 4 rings (SSSR count). The Balaban J connectivity index is 1.85. The van der Waals surface area contributed by atoms with Gasteiger partial charge in [-0.05, 0) is 73.4 Å². The Morgan fingerprint density at radius 1 is 0.891 bits per heavy atom. The fraction of sp³-hybridized carbons (Fsp3) is 0.278. The van der Waals surface area contributed by atoms with E-state index in [1.165, 1.54) is 24.1 Å². The molecule has 0 aromatic heterocycles. The first kappa shape index (κ1) is 34.7. The summed E-state index contributed by atoms with van der Waals surface area (Å²) >= 11 is 3.51. The third-order valence-electron chi connectivity index (χ3n) is 7.73. The second-order valence-electron chi connectivity index (χ2n) is 11.2. The summed E-state index contributed by atoms with van der Waals surface area (Å²) in [4.78, 5) is 30.1. The molecule has 10 heteroatoms. The maximum atomic E-state index is 14.7. The predicted molar refractivity (Wildman–Crippen MR) is 185 cm³/mol. The summed E-state index contributed by atoms with van der Waals surface area (Å²) in [5.74, 6) is -0.553. The van der Waals surface area contributed by atoms with Crippen LogP contribution in [-0.2, 0) is 32.6 Å². The molecule has 8 nitrogen and oxygen atoms in total. The first-order valence-electron chi connectivity index (χ1n) is 15.1. The highest BCUT2D eigenvalue weighted by Gasteiger charge is 2.36. The minimum absolute atomic E-state index is 0.0280. The second-order valence-corrected chi connectivity index (χ2v) is 14.0. The zero-order chi connectivity index (χ0) is 33.3. The van der Waals surface area contributed by atoms with Gasteiger partial charge in [0.05, 0.1) is 17.7 Å². The first-order valence-corrected chi connectivity index (χ1v) is 17.4. The number of carbonyl (C=O) groups is 2. The number of rotatable bonds is 14. The van der Waals surface area contributed by atoms with E-state index in [1.54, 1.807) is 30.3 Å². The molecule has 2 atom stereocenters. The average Bonchev–Trinajstić information content (AvgIpc) is 3.05. The number of methoxy groups -OCH3 is 1. The molecule has 242 valence electrons. The van der Waals surface area contributed by atoms with Crippen molar-refractivity contribution in [2.75, 3.05) is 18.0 Å². The Bertz CT molecular complexity index is 1740. The van der Waals surface area contributed by atoms with Crippen LogP contribution in [0, 0.1) is 6.92 Å². The minimum Gasteiger partial charge on any atom is -0.495 e. The summed E-state index contributed by atoms with van der Waals surface area (Å²) in [6.07, 6.45) is 0.946. The lowest BCUT2D eigenvalue weighted by Crippen LogP contribution is -2.54. The van der Waals surface area contributed by atoms with Crippen LogP contribution in [0.4, 0.5) is 5.69 Å². The fourth-order valence-electron chi connectivity index (χ4n) is 5.06. The van der Waals surface area contributed by atoms with Gasteiger partial charge in [0.1, 0.15) is 18.3 Å². The van der Waals surface area contributed by atoms with Crippen LogP contribution in [0.2, 0.25) is 0 Å². The van der Waals surface area contributed by atoms with Crippen molar-refractivity contribution in [1.29, 1.82) is 0 Å². The lowest BCUT2D eigenvalue weighted by atomic mass is 10.0. The molecule has 2 amide bonds. The summed E-state index contributed by atoms with van der Waals surface area (Å²) < 4.78 is 36.0. The molecule has 0 fully saturated rings. The van der Waals surface area contributed by atoms with Crippen molar-refractivity contribution < 1.29 is 22.7 Å². The number of anilines is 1. The van der Waals surface area contributed by atoms with E-state index in [4.69, 9.17) is 4.74 Å². The van der Waals surface area contributed by atoms with Crippen LogP contribution in [-0.4, -0.2) is 50.9 Å². The predicted octanol–water partition coefficient (Wildman–Crippen LogP) is 6.52. The lowest BCUT2D eigenvalue weighted by molar-refractivity contribution is -0.140. The largest absolute Gasteiger partial charge is 0.495 e. The van der Waals surface area contributed by atoms with Crippen LogP contribution in [0.25, 0.3) is 0 Å². The standard InChI is InChI=1S/C36H40BrN3O5S/c1-5-27(3)38-36(42)33(23-28-13-8-6-9-14-28)39(24-29-15-12-16-30(37)22-29)35(41)25-40(32-21-26(2)19-20-34(32)45-4)46(43,44)31-17-10-7-11-18-31/h6-22,27,33H,5,23-25H2,1-4H3,(H,38,42)/t27-,33+/m1/s1. The molecule has 0 aliphatic heterocycles. The number of nitrogens with zero attached hydrogens (tertiary/aromatic N) is 2. The first-order chi connectivity index (χ1) is 22.0. The number of aryl methyl sites for hydroxylation is 1. The van der Waals surface area contributed by atoms with E-state index in [0.717, 1.165) is 25.5 Å². The number of halogens is 1. The highest BCUT2D eigenvalue weighted by atomic mass is 79.9. The molecule has 1 N–H and O–H groups in total. The van der Waals surface area contributed by atoms with Gasteiger partial charge < -0.3 is 15.0 Å². The Morgan fingerprint density at radius 2 is 1.54 bits per heavy atom. The summed E-state index contributed by atoms with van der Waals surface area (Å²) in [6, 6.07) is 29.1. The van der Waals surface area contributed by atoms with Crippen LogP contribution in [0.1, 0.15) is 37.0 Å². The number of sulfonamides is 1. The molecular weight excluding hydrogens is 666 g/mol. The van der Waals surface area contributed by atoms with Crippen molar-refractivity contribution >= 4 is 43.5 Å². The number of nitrogens with one attached hydrogen (secondary N) is 1. The van der Waals surface area contributed by atoms with Gasteiger partial charge in [0.2, 0.25) is 11.8 Å². The van der Waals surface area contributed by atoms with Crippen LogP contribution in [0.3, 0.4) is 0 Å². The van der Waals surface area contributed by atoms with Gasteiger partial charge in [0.15, 0.2) is 0 Å². The van der Waals surface area contributed by atoms with Crippen LogP contribution in [0.15, 0.2) is 112 Å². The Hall–Kier alpha value is -4.15. The van der Waals surface area contributed by atoms with Crippen LogP contribution >= 0.6 is 15.9 Å². The van der Waals surface area contributed by atoms with Gasteiger partial charge in [-0.1, -0.05) is 89.6 Å². The van der Waals surface area contributed by atoms with Crippen molar-refractivity contribution in [3.05, 3.63) is 124 Å². The molecule has 0 spiro atoms. The quantitative estimate of drug-likeness (QED) is 0.161. The van der Waals surface area contributed by atoms with Crippen molar-refractivity contribution in [2.24, 2.45) is 0 Å². The number of benzene rings is 4. The van der Waals surface area contributed by atoms with Crippen LogP contribution < -0.4 is 14.4 Å². The molecule has 0 aliphatic rings. The van der Waals surface area contributed by atoms with Crippen LogP contribution in [0.5, 0.6) is 5.75 Å². The van der Waals surface area contributed by atoms with Crippen molar-refractivity contribution in [2.45, 2.75) is 57.1 Å². The van der Waals surface area contributed by atoms with Gasteiger partial charge in [-0.25, -0.2) is 8.42 Å². The number of carbonyl (C=O) groups excluding carboxylic acids is 2. The normalized spacial score (nSPS) is 12.5. The second kappa shape index (κ2) is 15.9. The highest BCUT2D eigenvalue weighted by molar-refractivity contribution is 9.10.